The average Bonchev–Trinajstić information content (AvgIpc) is 1.77. The van der Waals surface area contributed by atoms with Gasteiger partial charge in [-0.15, -0.1) is 10.2 Å². The Kier molecular flexibility index (Phi) is 1.30. The quantitative estimate of drug-likeness (QED) is 0.559. The van der Waals surface area contributed by atoms with Gasteiger partial charge >= 0.3 is 0 Å². The molecule has 3 nitrogen and oxygen atoms in total. The van der Waals surface area contributed by atoms with Gasteiger partial charge in [-0.05, 0) is 6.07 Å². The van der Waals surface area contributed by atoms with E-state index in [1.54, 1.807) is 0 Å². The largest absolute Gasteiger partial charge is 0.492 e. The maximum atomic E-state index is 8.47. The maximum absolute atomic E-state index is 8.47. The van der Waals surface area contributed by atoms with Crippen molar-refractivity contribution in [2.45, 2.75) is 0 Å². The van der Waals surface area contributed by atoms with E-state index >= 15 is 0 Å². The smallest absolute Gasteiger partial charge is 0.239 e. The molecule has 41 valence electrons. The van der Waals surface area contributed by atoms with Gasteiger partial charge in [-0.2, -0.15) is 0 Å². The molecule has 0 atom stereocenters. The standard InChI is InChI=1S/C4H2ClN2O/c5-3-1-2-4(8)7-6-3/h1H,(H,7,8). The lowest BCUT2D eigenvalue weighted by molar-refractivity contribution is 0.444. The highest BCUT2D eigenvalue weighted by molar-refractivity contribution is 6.29. The molecule has 0 saturated heterocycles. The third kappa shape index (κ3) is 1.07. The van der Waals surface area contributed by atoms with Crippen LogP contribution in [0.4, 0.5) is 0 Å². The van der Waals surface area contributed by atoms with Crippen LogP contribution < -0.4 is 0 Å². The Bertz CT molecular complexity index is 153. The van der Waals surface area contributed by atoms with Crippen molar-refractivity contribution < 1.29 is 5.11 Å². The first kappa shape index (κ1) is 5.31. The molecule has 1 aromatic rings. The topological polar surface area (TPSA) is 46.0 Å². The third-order valence-electron chi connectivity index (χ3n) is 0.561. The first-order valence-electron chi connectivity index (χ1n) is 1.89. The minimum Gasteiger partial charge on any atom is -0.492 e. The van der Waals surface area contributed by atoms with Gasteiger partial charge in [0.15, 0.2) is 5.15 Å². The second-order valence-electron chi connectivity index (χ2n) is 1.14. The summed E-state index contributed by atoms with van der Waals surface area (Å²) in [5.74, 6) is -0.241. The molecule has 0 bridgehead atoms. The highest BCUT2D eigenvalue weighted by atomic mass is 35.5. The second kappa shape index (κ2) is 1.96. The SMILES string of the molecule is Oc1[c]cc(Cl)nn1. The molecular formula is C4H2ClN2O. The van der Waals surface area contributed by atoms with Gasteiger partial charge in [-0.3, -0.25) is 0 Å². The molecule has 0 aliphatic rings. The summed E-state index contributed by atoms with van der Waals surface area (Å²) in [7, 11) is 0. The molecule has 1 N–H and O–H groups in total. The minimum absolute atomic E-state index is 0.225. The van der Waals surface area contributed by atoms with E-state index in [1.165, 1.54) is 6.07 Å². The Morgan fingerprint density at radius 3 is 2.75 bits per heavy atom. The number of nitrogens with zero attached hydrogens (tertiary/aromatic N) is 2. The van der Waals surface area contributed by atoms with Crippen LogP contribution >= 0.6 is 11.6 Å². The monoisotopic (exact) mass is 129 g/mol. The molecule has 1 aromatic heterocycles. The normalized spacial score (nSPS) is 9.12. The zero-order valence-corrected chi connectivity index (χ0v) is 4.55. The summed E-state index contributed by atoms with van der Waals surface area (Å²) in [5.41, 5.74) is 0. The third-order valence-corrected chi connectivity index (χ3v) is 0.745. The Morgan fingerprint density at radius 1 is 1.62 bits per heavy atom. The number of halogens is 1. The molecule has 0 aliphatic carbocycles. The molecule has 8 heavy (non-hydrogen) atoms. The summed E-state index contributed by atoms with van der Waals surface area (Å²) in [4.78, 5) is 0. The van der Waals surface area contributed by atoms with Crippen LogP contribution in [0.2, 0.25) is 5.15 Å². The van der Waals surface area contributed by atoms with Crippen LogP contribution in [0.25, 0.3) is 0 Å². The Balaban J connectivity index is 3.03. The van der Waals surface area contributed by atoms with E-state index < -0.39 is 0 Å². The zero-order chi connectivity index (χ0) is 5.98. The van der Waals surface area contributed by atoms with E-state index in [4.69, 9.17) is 16.7 Å². The van der Waals surface area contributed by atoms with Gasteiger partial charge < -0.3 is 5.11 Å². The summed E-state index contributed by atoms with van der Waals surface area (Å²) < 4.78 is 0. The fourth-order valence-corrected chi connectivity index (χ4v) is 0.369. The molecule has 0 aliphatic heterocycles. The van der Waals surface area contributed by atoms with Crippen molar-refractivity contribution in [2.75, 3.05) is 0 Å². The van der Waals surface area contributed by atoms with Gasteiger partial charge in [0.2, 0.25) is 5.88 Å². The second-order valence-corrected chi connectivity index (χ2v) is 1.52. The molecule has 4 heteroatoms. The molecule has 0 amide bonds. The van der Waals surface area contributed by atoms with E-state index in [-0.39, 0.29) is 11.0 Å². The number of rotatable bonds is 0. The molecule has 0 fully saturated rings. The van der Waals surface area contributed by atoms with Crippen LogP contribution in [-0.4, -0.2) is 15.3 Å². The minimum atomic E-state index is -0.241. The van der Waals surface area contributed by atoms with Gasteiger partial charge in [-0.25, -0.2) is 0 Å². The van der Waals surface area contributed by atoms with Crippen LogP contribution in [0, 0.1) is 6.07 Å². The van der Waals surface area contributed by atoms with Gasteiger partial charge in [0.05, 0.1) is 6.07 Å². The Hall–Kier alpha value is -0.830. The van der Waals surface area contributed by atoms with Gasteiger partial charge in [0.1, 0.15) is 0 Å². The fourth-order valence-electron chi connectivity index (χ4n) is 0.277. The first-order valence-corrected chi connectivity index (χ1v) is 2.27. The number of aromatic hydroxyl groups is 1. The van der Waals surface area contributed by atoms with Crippen molar-refractivity contribution >= 4 is 11.6 Å². The van der Waals surface area contributed by atoms with E-state index in [2.05, 4.69) is 16.3 Å². The van der Waals surface area contributed by atoms with Crippen molar-refractivity contribution in [2.24, 2.45) is 0 Å². The first-order chi connectivity index (χ1) is 3.79. The summed E-state index contributed by atoms with van der Waals surface area (Å²) >= 11 is 5.30. The fraction of sp³-hybridized carbons (Fsp3) is 0. The molecule has 1 heterocycles. The maximum Gasteiger partial charge on any atom is 0.239 e. The van der Waals surface area contributed by atoms with Crippen LogP contribution in [0.1, 0.15) is 0 Å². The van der Waals surface area contributed by atoms with Crippen molar-refractivity contribution in [3.63, 3.8) is 0 Å². The van der Waals surface area contributed by atoms with Crippen LogP contribution in [0.5, 0.6) is 5.88 Å². The van der Waals surface area contributed by atoms with Crippen LogP contribution in [0.15, 0.2) is 6.07 Å². The lowest BCUT2D eigenvalue weighted by Gasteiger charge is -1.84. The predicted molar refractivity (Wildman–Crippen MR) is 27.5 cm³/mol. The van der Waals surface area contributed by atoms with Crippen molar-refractivity contribution in [1.29, 1.82) is 0 Å². The number of aromatic nitrogens is 2. The summed E-state index contributed by atoms with van der Waals surface area (Å²) in [6.45, 7) is 0. The highest BCUT2D eigenvalue weighted by Gasteiger charge is 1.88. The molecule has 1 rings (SSSR count). The van der Waals surface area contributed by atoms with Crippen molar-refractivity contribution in [3.05, 3.63) is 17.3 Å². The number of hydrogen-bond donors (Lipinski definition) is 1. The zero-order valence-electron chi connectivity index (χ0n) is 3.80. The van der Waals surface area contributed by atoms with Crippen LogP contribution in [0.3, 0.4) is 0 Å². The summed E-state index contributed by atoms with van der Waals surface area (Å²) in [6.07, 6.45) is 0. The summed E-state index contributed by atoms with van der Waals surface area (Å²) in [5, 5.41) is 15.2. The Labute approximate surface area is 50.9 Å². The van der Waals surface area contributed by atoms with Gasteiger partial charge in [0, 0.05) is 0 Å². The molecule has 0 aromatic carbocycles. The molecule has 0 spiro atoms. The molecule has 1 radical (unpaired) electrons. The summed E-state index contributed by atoms with van der Waals surface area (Å²) in [6, 6.07) is 3.69. The van der Waals surface area contributed by atoms with Gasteiger partial charge in [-0.1, -0.05) is 11.6 Å². The van der Waals surface area contributed by atoms with Crippen LogP contribution in [-0.2, 0) is 0 Å². The highest BCUT2D eigenvalue weighted by Crippen LogP contribution is 2.03. The molecule has 0 unspecified atom stereocenters. The average molecular weight is 130 g/mol. The van der Waals surface area contributed by atoms with E-state index in [9.17, 15) is 0 Å². The van der Waals surface area contributed by atoms with Gasteiger partial charge in [0.25, 0.3) is 0 Å². The Morgan fingerprint density at radius 2 is 2.38 bits per heavy atom. The van der Waals surface area contributed by atoms with Crippen molar-refractivity contribution in [3.8, 4) is 5.88 Å². The van der Waals surface area contributed by atoms with E-state index in [0.717, 1.165) is 0 Å². The van der Waals surface area contributed by atoms with E-state index in [0.29, 0.717) is 0 Å². The lowest BCUT2D eigenvalue weighted by Crippen LogP contribution is -1.79. The molecular weight excluding hydrogens is 128 g/mol. The van der Waals surface area contributed by atoms with E-state index in [1.807, 2.05) is 0 Å². The lowest BCUT2D eigenvalue weighted by atomic mass is 10.6. The predicted octanol–water partition coefficient (Wildman–Crippen LogP) is 0.636. The van der Waals surface area contributed by atoms with Crippen molar-refractivity contribution in [1.82, 2.24) is 10.2 Å². The molecule has 0 saturated carbocycles. The number of hydrogen-bond acceptors (Lipinski definition) is 3.